The number of aromatic carboxylic acids is 1. The molecule has 102 valence electrons. The van der Waals surface area contributed by atoms with Gasteiger partial charge in [-0.3, -0.25) is 0 Å². The van der Waals surface area contributed by atoms with Gasteiger partial charge in [0.1, 0.15) is 9.09 Å². The van der Waals surface area contributed by atoms with Crippen LogP contribution in [-0.2, 0) is 10.0 Å². The van der Waals surface area contributed by atoms with E-state index in [1.807, 2.05) is 13.8 Å². The highest BCUT2D eigenvalue weighted by molar-refractivity contribution is 7.91. The standard InChI is InChI=1S/C11H17NO4S2/c1-4-8(3)12(5-2)18(15,16)10-7-6-9(17-10)11(13)14/h6-8H,4-5H2,1-3H3,(H,13,14). The Morgan fingerprint density at radius 1 is 1.44 bits per heavy atom. The molecule has 18 heavy (non-hydrogen) atoms. The van der Waals surface area contributed by atoms with Crippen molar-refractivity contribution in [2.24, 2.45) is 0 Å². The van der Waals surface area contributed by atoms with Gasteiger partial charge in [0, 0.05) is 12.6 Å². The molecule has 0 aromatic carbocycles. The van der Waals surface area contributed by atoms with Crippen LogP contribution >= 0.6 is 11.3 Å². The van der Waals surface area contributed by atoms with Crippen LogP contribution in [0.3, 0.4) is 0 Å². The molecule has 0 fully saturated rings. The maximum Gasteiger partial charge on any atom is 0.345 e. The molecule has 1 rings (SSSR count). The summed E-state index contributed by atoms with van der Waals surface area (Å²) in [5.41, 5.74) is 0. The molecule has 0 aliphatic rings. The van der Waals surface area contributed by atoms with Gasteiger partial charge in [-0.05, 0) is 25.5 Å². The number of carboxylic acids is 1. The number of sulfonamides is 1. The van der Waals surface area contributed by atoms with E-state index in [2.05, 4.69) is 0 Å². The molecule has 1 N–H and O–H groups in total. The van der Waals surface area contributed by atoms with Crippen LogP contribution in [0.5, 0.6) is 0 Å². The first-order valence-electron chi connectivity index (χ1n) is 5.69. The second-order valence-electron chi connectivity index (χ2n) is 3.89. The fourth-order valence-electron chi connectivity index (χ4n) is 1.61. The summed E-state index contributed by atoms with van der Waals surface area (Å²) in [5.74, 6) is -1.10. The molecule has 0 aliphatic heterocycles. The Hall–Kier alpha value is -0.920. The van der Waals surface area contributed by atoms with E-state index >= 15 is 0 Å². The van der Waals surface area contributed by atoms with Crippen LogP contribution in [0.15, 0.2) is 16.3 Å². The van der Waals surface area contributed by atoms with Crippen LogP contribution in [0.25, 0.3) is 0 Å². The highest BCUT2D eigenvalue weighted by Crippen LogP contribution is 2.26. The van der Waals surface area contributed by atoms with Gasteiger partial charge in [-0.1, -0.05) is 13.8 Å². The fraction of sp³-hybridized carbons (Fsp3) is 0.545. The van der Waals surface area contributed by atoms with E-state index in [1.165, 1.54) is 16.4 Å². The Balaban J connectivity index is 3.14. The van der Waals surface area contributed by atoms with Crippen LogP contribution in [-0.4, -0.2) is 36.4 Å². The van der Waals surface area contributed by atoms with E-state index in [0.29, 0.717) is 13.0 Å². The quantitative estimate of drug-likeness (QED) is 0.872. The Morgan fingerprint density at radius 3 is 2.44 bits per heavy atom. The zero-order chi connectivity index (χ0) is 13.9. The van der Waals surface area contributed by atoms with Crippen molar-refractivity contribution in [3.8, 4) is 0 Å². The van der Waals surface area contributed by atoms with E-state index in [4.69, 9.17) is 5.11 Å². The minimum absolute atomic E-state index is 0.0359. The van der Waals surface area contributed by atoms with Crippen LogP contribution in [0.2, 0.25) is 0 Å². The Bertz CT molecular complexity index is 521. The lowest BCUT2D eigenvalue weighted by molar-refractivity contribution is 0.0702. The lowest BCUT2D eigenvalue weighted by atomic mass is 10.3. The van der Waals surface area contributed by atoms with Gasteiger partial charge in [-0.2, -0.15) is 4.31 Å². The third-order valence-corrected chi connectivity index (χ3v) is 6.38. The summed E-state index contributed by atoms with van der Waals surface area (Å²) >= 11 is 0.790. The summed E-state index contributed by atoms with van der Waals surface area (Å²) in [6.45, 7) is 5.90. The Morgan fingerprint density at radius 2 is 2.06 bits per heavy atom. The minimum Gasteiger partial charge on any atom is -0.477 e. The molecule has 1 atom stereocenters. The van der Waals surface area contributed by atoms with Gasteiger partial charge < -0.3 is 5.11 Å². The monoisotopic (exact) mass is 291 g/mol. The first-order valence-corrected chi connectivity index (χ1v) is 7.95. The lowest BCUT2D eigenvalue weighted by Crippen LogP contribution is -2.37. The van der Waals surface area contributed by atoms with Gasteiger partial charge in [0.15, 0.2) is 0 Å². The predicted molar refractivity (Wildman–Crippen MR) is 70.6 cm³/mol. The van der Waals surface area contributed by atoms with Gasteiger partial charge in [0.2, 0.25) is 0 Å². The maximum absolute atomic E-state index is 12.3. The van der Waals surface area contributed by atoms with E-state index in [9.17, 15) is 13.2 Å². The minimum atomic E-state index is -3.59. The summed E-state index contributed by atoms with van der Waals surface area (Å²) in [7, 11) is -3.59. The number of thiophene rings is 1. The fourth-order valence-corrected chi connectivity index (χ4v) is 4.60. The summed E-state index contributed by atoms with van der Waals surface area (Å²) in [6, 6.07) is 2.58. The number of hydrogen-bond donors (Lipinski definition) is 1. The van der Waals surface area contributed by atoms with Crippen molar-refractivity contribution in [3.63, 3.8) is 0 Å². The zero-order valence-corrected chi connectivity index (χ0v) is 12.2. The summed E-state index contributed by atoms with van der Waals surface area (Å²) < 4.78 is 26.2. The maximum atomic E-state index is 12.3. The summed E-state index contributed by atoms with van der Waals surface area (Å²) in [6.07, 6.45) is 0.713. The highest BCUT2D eigenvalue weighted by Gasteiger charge is 2.28. The number of nitrogens with zero attached hydrogens (tertiary/aromatic N) is 1. The molecule has 0 saturated heterocycles. The molecule has 0 aliphatic carbocycles. The first kappa shape index (κ1) is 15.1. The van der Waals surface area contributed by atoms with Gasteiger partial charge in [-0.15, -0.1) is 11.3 Å². The van der Waals surface area contributed by atoms with Crippen molar-refractivity contribution in [1.82, 2.24) is 4.31 Å². The van der Waals surface area contributed by atoms with Gasteiger partial charge in [0.05, 0.1) is 0 Å². The van der Waals surface area contributed by atoms with Crippen molar-refractivity contribution < 1.29 is 18.3 Å². The number of carboxylic acid groups (broad SMARTS) is 1. The third-order valence-electron chi connectivity index (χ3n) is 2.75. The highest BCUT2D eigenvalue weighted by atomic mass is 32.2. The normalized spacial score (nSPS) is 13.8. The van der Waals surface area contributed by atoms with Crippen LogP contribution in [0.1, 0.15) is 36.9 Å². The number of carbonyl (C=O) groups is 1. The molecule has 1 aromatic heterocycles. The molecule has 1 unspecified atom stereocenters. The summed E-state index contributed by atoms with van der Waals surface area (Å²) in [4.78, 5) is 10.8. The molecule has 1 heterocycles. The van der Waals surface area contributed by atoms with E-state index in [-0.39, 0.29) is 15.1 Å². The van der Waals surface area contributed by atoms with Gasteiger partial charge in [0.25, 0.3) is 10.0 Å². The predicted octanol–water partition coefficient (Wildman–Crippen LogP) is 2.26. The number of hydrogen-bond acceptors (Lipinski definition) is 4. The average Bonchev–Trinajstić information content (AvgIpc) is 2.79. The lowest BCUT2D eigenvalue weighted by Gasteiger charge is -2.25. The number of rotatable bonds is 6. The topological polar surface area (TPSA) is 74.7 Å². The summed E-state index contributed by atoms with van der Waals surface area (Å²) in [5, 5.41) is 8.82. The second-order valence-corrected chi connectivity index (χ2v) is 7.09. The molecule has 0 amide bonds. The Labute approximate surface area is 111 Å². The molecule has 1 aromatic rings. The van der Waals surface area contributed by atoms with Gasteiger partial charge >= 0.3 is 5.97 Å². The molecule has 0 spiro atoms. The van der Waals surface area contributed by atoms with E-state index < -0.39 is 16.0 Å². The second kappa shape index (κ2) is 5.81. The molecule has 0 bridgehead atoms. The van der Waals surface area contributed by atoms with Crippen molar-refractivity contribution >= 4 is 27.3 Å². The molecule has 7 heteroatoms. The molecule has 0 saturated carbocycles. The van der Waals surface area contributed by atoms with Gasteiger partial charge in [-0.25, -0.2) is 13.2 Å². The third kappa shape index (κ3) is 2.90. The first-order chi connectivity index (χ1) is 8.34. The van der Waals surface area contributed by atoms with Crippen LogP contribution in [0.4, 0.5) is 0 Å². The molecule has 5 nitrogen and oxygen atoms in total. The van der Waals surface area contributed by atoms with Crippen molar-refractivity contribution in [2.75, 3.05) is 6.54 Å². The van der Waals surface area contributed by atoms with Crippen molar-refractivity contribution in [3.05, 3.63) is 17.0 Å². The van der Waals surface area contributed by atoms with Crippen LogP contribution < -0.4 is 0 Å². The largest absolute Gasteiger partial charge is 0.477 e. The van der Waals surface area contributed by atoms with E-state index in [0.717, 1.165) is 11.3 Å². The van der Waals surface area contributed by atoms with Crippen molar-refractivity contribution in [2.45, 2.75) is 37.4 Å². The molecule has 0 radical (unpaired) electrons. The SMILES string of the molecule is CCC(C)N(CC)S(=O)(=O)c1ccc(C(=O)O)s1. The average molecular weight is 291 g/mol. The van der Waals surface area contributed by atoms with E-state index in [1.54, 1.807) is 6.92 Å². The Kier molecular flexibility index (Phi) is 4.89. The smallest absolute Gasteiger partial charge is 0.345 e. The van der Waals surface area contributed by atoms with Crippen molar-refractivity contribution in [1.29, 1.82) is 0 Å². The molecular formula is C11H17NO4S2. The van der Waals surface area contributed by atoms with Crippen LogP contribution in [0, 0.1) is 0 Å². The zero-order valence-electron chi connectivity index (χ0n) is 10.6. The molecular weight excluding hydrogens is 274 g/mol.